The Morgan fingerprint density at radius 2 is 1.88 bits per heavy atom. The second kappa shape index (κ2) is 6.06. The van der Waals surface area contributed by atoms with Gasteiger partial charge in [-0.1, -0.05) is 42.5 Å². The van der Waals surface area contributed by atoms with E-state index in [0.29, 0.717) is 5.56 Å². The molecule has 0 radical (unpaired) electrons. The van der Waals surface area contributed by atoms with Crippen molar-refractivity contribution in [1.29, 1.82) is 0 Å². The van der Waals surface area contributed by atoms with E-state index >= 15 is 0 Å². The highest BCUT2D eigenvalue weighted by molar-refractivity contribution is 6.07. The van der Waals surface area contributed by atoms with Crippen LogP contribution in [0.25, 0.3) is 21.8 Å². The van der Waals surface area contributed by atoms with E-state index in [2.05, 4.69) is 21.4 Å². The van der Waals surface area contributed by atoms with E-state index in [0.717, 1.165) is 27.6 Å². The molecule has 4 rings (SSSR count). The summed E-state index contributed by atoms with van der Waals surface area (Å²) in [6, 6.07) is 19.6. The van der Waals surface area contributed by atoms with Gasteiger partial charge in [0.2, 0.25) is 0 Å². The molecule has 0 aliphatic carbocycles. The van der Waals surface area contributed by atoms with Crippen LogP contribution in [0.5, 0.6) is 0 Å². The molecule has 4 nitrogen and oxygen atoms in total. The van der Waals surface area contributed by atoms with Crippen LogP contribution in [0.4, 0.5) is 0 Å². The number of amides is 1. The summed E-state index contributed by atoms with van der Waals surface area (Å²) >= 11 is 0. The lowest BCUT2D eigenvalue weighted by Gasteiger charge is -2.13. The molecular formula is C21H19N3O. The number of hydrogen-bond acceptors (Lipinski definition) is 2. The highest BCUT2D eigenvalue weighted by Crippen LogP contribution is 2.21. The van der Waals surface area contributed by atoms with E-state index in [-0.39, 0.29) is 11.9 Å². The molecular weight excluding hydrogens is 310 g/mol. The number of rotatable bonds is 3. The molecule has 0 saturated carbocycles. The fourth-order valence-corrected chi connectivity index (χ4v) is 3.11. The normalized spacial score (nSPS) is 12.4. The van der Waals surface area contributed by atoms with Gasteiger partial charge in [0, 0.05) is 5.56 Å². The van der Waals surface area contributed by atoms with Gasteiger partial charge in [0.05, 0.1) is 17.1 Å². The van der Waals surface area contributed by atoms with Crippen LogP contribution in [0.2, 0.25) is 0 Å². The molecule has 4 heteroatoms. The number of aromatic amines is 1. The summed E-state index contributed by atoms with van der Waals surface area (Å²) in [6.45, 7) is 3.99. The number of nitrogens with zero attached hydrogens (tertiary/aromatic N) is 1. The van der Waals surface area contributed by atoms with E-state index in [1.54, 1.807) is 0 Å². The van der Waals surface area contributed by atoms with Crippen LogP contribution < -0.4 is 5.32 Å². The Morgan fingerprint density at radius 1 is 1.08 bits per heavy atom. The van der Waals surface area contributed by atoms with Crippen molar-refractivity contribution in [2.24, 2.45) is 0 Å². The molecule has 124 valence electrons. The number of aryl methyl sites for hydroxylation is 1. The van der Waals surface area contributed by atoms with Crippen LogP contribution >= 0.6 is 0 Å². The molecule has 0 saturated heterocycles. The monoisotopic (exact) mass is 329 g/mol. The van der Waals surface area contributed by atoms with E-state index in [9.17, 15) is 4.79 Å². The summed E-state index contributed by atoms with van der Waals surface area (Å²) in [5, 5.41) is 5.06. The summed E-state index contributed by atoms with van der Waals surface area (Å²) in [5.74, 6) is 0.662. The van der Waals surface area contributed by atoms with Gasteiger partial charge in [0.1, 0.15) is 5.82 Å². The zero-order valence-electron chi connectivity index (χ0n) is 14.2. The minimum absolute atomic E-state index is 0.0964. The molecule has 0 aliphatic heterocycles. The van der Waals surface area contributed by atoms with E-state index in [1.807, 2.05) is 68.4 Å². The lowest BCUT2D eigenvalue weighted by Crippen LogP contribution is -2.27. The van der Waals surface area contributed by atoms with Crippen molar-refractivity contribution in [3.63, 3.8) is 0 Å². The summed E-state index contributed by atoms with van der Waals surface area (Å²) in [6.07, 6.45) is 0. The van der Waals surface area contributed by atoms with Crippen molar-refractivity contribution in [2.45, 2.75) is 19.9 Å². The van der Waals surface area contributed by atoms with Crippen molar-refractivity contribution in [3.05, 3.63) is 77.6 Å². The van der Waals surface area contributed by atoms with Gasteiger partial charge < -0.3 is 10.3 Å². The second-order valence-corrected chi connectivity index (χ2v) is 6.36. The smallest absolute Gasteiger partial charge is 0.252 e. The van der Waals surface area contributed by atoms with Gasteiger partial charge >= 0.3 is 0 Å². The maximum absolute atomic E-state index is 12.8. The third-order valence-electron chi connectivity index (χ3n) is 4.45. The van der Waals surface area contributed by atoms with Gasteiger partial charge in [-0.05, 0) is 48.4 Å². The Balaban J connectivity index is 1.62. The number of carbonyl (C=O) groups is 1. The topological polar surface area (TPSA) is 57.8 Å². The van der Waals surface area contributed by atoms with Crippen molar-refractivity contribution in [2.75, 3.05) is 0 Å². The lowest BCUT2D eigenvalue weighted by atomic mass is 10.0. The molecule has 0 fully saturated rings. The number of carbonyl (C=O) groups excluding carboxylic acids is 1. The zero-order chi connectivity index (χ0) is 17.4. The number of aromatic nitrogens is 2. The summed E-state index contributed by atoms with van der Waals surface area (Å²) < 4.78 is 0. The van der Waals surface area contributed by atoms with E-state index in [4.69, 9.17) is 0 Å². The Hall–Kier alpha value is -3.14. The highest BCUT2D eigenvalue weighted by atomic mass is 16.1. The zero-order valence-corrected chi connectivity index (χ0v) is 14.2. The Bertz CT molecular complexity index is 1080. The number of nitrogens with one attached hydrogen (secondary N) is 2. The first kappa shape index (κ1) is 15.4. The van der Waals surface area contributed by atoms with Crippen LogP contribution in [-0.4, -0.2) is 15.9 Å². The number of imidazole rings is 1. The Kier molecular flexibility index (Phi) is 3.73. The van der Waals surface area contributed by atoms with Gasteiger partial charge in [-0.2, -0.15) is 0 Å². The van der Waals surface area contributed by atoms with Crippen LogP contribution in [-0.2, 0) is 0 Å². The lowest BCUT2D eigenvalue weighted by molar-refractivity contribution is 0.0940. The summed E-state index contributed by atoms with van der Waals surface area (Å²) in [7, 11) is 0. The van der Waals surface area contributed by atoms with Gasteiger partial charge in [-0.25, -0.2) is 4.98 Å². The van der Waals surface area contributed by atoms with Gasteiger partial charge in [-0.3, -0.25) is 4.79 Å². The predicted octanol–water partition coefficient (Wildman–Crippen LogP) is 4.52. The molecule has 0 aliphatic rings. The van der Waals surface area contributed by atoms with Crippen molar-refractivity contribution in [3.8, 4) is 0 Å². The number of benzene rings is 3. The molecule has 25 heavy (non-hydrogen) atoms. The first-order valence-electron chi connectivity index (χ1n) is 8.37. The quantitative estimate of drug-likeness (QED) is 0.581. The summed E-state index contributed by atoms with van der Waals surface area (Å²) in [4.78, 5) is 20.7. The molecule has 1 aromatic heterocycles. The molecule has 1 heterocycles. The van der Waals surface area contributed by atoms with Crippen molar-refractivity contribution in [1.82, 2.24) is 15.3 Å². The highest BCUT2D eigenvalue weighted by Gasteiger charge is 2.16. The molecule has 4 aromatic rings. The molecule has 1 unspecified atom stereocenters. The molecule has 0 bridgehead atoms. The third-order valence-corrected chi connectivity index (χ3v) is 4.45. The molecule has 0 spiro atoms. The van der Waals surface area contributed by atoms with Crippen LogP contribution in [0.1, 0.15) is 34.7 Å². The van der Waals surface area contributed by atoms with Crippen LogP contribution in [0.15, 0.2) is 60.7 Å². The molecule has 1 amide bonds. The van der Waals surface area contributed by atoms with Gasteiger partial charge in [-0.15, -0.1) is 0 Å². The first-order chi connectivity index (χ1) is 12.1. The predicted molar refractivity (Wildman–Crippen MR) is 101 cm³/mol. The fraction of sp³-hybridized carbons (Fsp3) is 0.143. The first-order valence-corrected chi connectivity index (χ1v) is 8.37. The largest absolute Gasteiger partial charge is 0.342 e. The number of H-pyrrole nitrogens is 1. The molecule has 1 atom stereocenters. The average molecular weight is 329 g/mol. The minimum Gasteiger partial charge on any atom is -0.342 e. The van der Waals surface area contributed by atoms with Crippen LogP contribution in [0.3, 0.4) is 0 Å². The molecule has 3 aromatic carbocycles. The third kappa shape index (κ3) is 2.87. The minimum atomic E-state index is -0.209. The van der Waals surface area contributed by atoms with E-state index < -0.39 is 0 Å². The van der Waals surface area contributed by atoms with Crippen molar-refractivity contribution < 1.29 is 4.79 Å². The number of fused-ring (bicyclic) bond motifs is 2. The average Bonchev–Trinajstić information content (AvgIpc) is 3.04. The van der Waals surface area contributed by atoms with Crippen LogP contribution in [0, 0.1) is 6.92 Å². The fourth-order valence-electron chi connectivity index (χ4n) is 3.11. The van der Waals surface area contributed by atoms with Gasteiger partial charge in [0.25, 0.3) is 5.91 Å². The maximum Gasteiger partial charge on any atom is 0.252 e. The van der Waals surface area contributed by atoms with Crippen molar-refractivity contribution >= 4 is 27.7 Å². The molecule has 2 N–H and O–H groups in total. The second-order valence-electron chi connectivity index (χ2n) is 6.36. The van der Waals surface area contributed by atoms with Gasteiger partial charge in [0.15, 0.2) is 0 Å². The Morgan fingerprint density at radius 3 is 2.76 bits per heavy atom. The summed E-state index contributed by atoms with van der Waals surface area (Å²) in [5.41, 5.74) is 3.75. The standard InChI is InChI=1S/C21H19N3O/c1-13-10-11-18-19(12-13)24-20(23-18)14(2)22-21(25)17-9-5-7-15-6-3-4-8-16(15)17/h3-12,14H,1-2H3,(H,22,25)(H,23,24). The van der Waals surface area contributed by atoms with E-state index in [1.165, 1.54) is 5.56 Å². The maximum atomic E-state index is 12.8. The Labute approximate surface area is 145 Å². The SMILES string of the molecule is Cc1ccc2nc(C(C)NC(=O)c3cccc4ccccc34)[nH]c2c1. The number of hydrogen-bond donors (Lipinski definition) is 2.